The van der Waals surface area contributed by atoms with Crippen LogP contribution in [-0.4, -0.2) is 25.7 Å². The number of esters is 1. The molecule has 0 saturated carbocycles. The summed E-state index contributed by atoms with van der Waals surface area (Å²) in [7, 11) is 1.30. The zero-order valence-electron chi connectivity index (χ0n) is 14.5. The maximum atomic E-state index is 12.2. The molecule has 2 N–H and O–H groups in total. The summed E-state index contributed by atoms with van der Waals surface area (Å²) in [6, 6.07) is 13.6. The number of anilines is 1. The van der Waals surface area contributed by atoms with Crippen molar-refractivity contribution in [2.45, 2.75) is 19.9 Å². The summed E-state index contributed by atoms with van der Waals surface area (Å²) in [5, 5.41) is 5.52. The lowest BCUT2D eigenvalue weighted by atomic mass is 10.1. The predicted molar refractivity (Wildman–Crippen MR) is 96.0 cm³/mol. The van der Waals surface area contributed by atoms with Crippen LogP contribution in [0.1, 0.15) is 35.8 Å². The lowest BCUT2D eigenvalue weighted by Gasteiger charge is -2.16. The molecule has 0 aliphatic rings. The van der Waals surface area contributed by atoms with Crippen LogP contribution < -0.4 is 15.4 Å². The fourth-order valence-electron chi connectivity index (χ4n) is 2.34. The van der Waals surface area contributed by atoms with Crippen molar-refractivity contribution in [1.82, 2.24) is 5.32 Å². The Morgan fingerprint density at radius 2 is 1.76 bits per heavy atom. The molecule has 2 amide bonds. The number of hydrogen-bond donors (Lipinski definition) is 2. The van der Waals surface area contributed by atoms with Crippen LogP contribution >= 0.6 is 0 Å². The largest absolute Gasteiger partial charge is 0.494 e. The molecule has 132 valence electrons. The van der Waals surface area contributed by atoms with Crippen molar-refractivity contribution in [3.63, 3.8) is 0 Å². The van der Waals surface area contributed by atoms with Crippen molar-refractivity contribution in [1.29, 1.82) is 0 Å². The average molecular weight is 342 g/mol. The summed E-state index contributed by atoms with van der Waals surface area (Å²) in [6.07, 6.45) is 0. The van der Waals surface area contributed by atoms with Crippen molar-refractivity contribution in [3.8, 4) is 5.75 Å². The smallest absolute Gasteiger partial charge is 0.339 e. The van der Waals surface area contributed by atoms with Crippen LogP contribution in [0.3, 0.4) is 0 Å². The van der Waals surface area contributed by atoms with Crippen LogP contribution in [0.25, 0.3) is 0 Å². The number of benzene rings is 2. The van der Waals surface area contributed by atoms with Gasteiger partial charge >= 0.3 is 12.0 Å². The molecule has 0 radical (unpaired) electrons. The third-order valence-corrected chi connectivity index (χ3v) is 3.62. The van der Waals surface area contributed by atoms with Crippen LogP contribution in [0.15, 0.2) is 48.5 Å². The number of amides is 2. The Kier molecular flexibility index (Phi) is 6.39. The minimum absolute atomic E-state index is 0.207. The van der Waals surface area contributed by atoms with E-state index in [2.05, 4.69) is 10.6 Å². The highest BCUT2D eigenvalue weighted by Gasteiger charge is 2.15. The van der Waals surface area contributed by atoms with Gasteiger partial charge in [-0.25, -0.2) is 9.59 Å². The molecule has 0 fully saturated rings. The Morgan fingerprint density at radius 3 is 2.40 bits per heavy atom. The monoisotopic (exact) mass is 342 g/mol. The second-order valence-electron chi connectivity index (χ2n) is 5.36. The molecule has 0 bridgehead atoms. The minimum Gasteiger partial charge on any atom is -0.494 e. The molecule has 1 atom stereocenters. The van der Waals surface area contributed by atoms with Crippen molar-refractivity contribution < 1.29 is 19.1 Å². The maximum Gasteiger partial charge on any atom is 0.339 e. The van der Waals surface area contributed by atoms with Crippen LogP contribution in [0.5, 0.6) is 5.75 Å². The summed E-state index contributed by atoms with van der Waals surface area (Å²) in [5.41, 5.74) is 1.64. The van der Waals surface area contributed by atoms with E-state index >= 15 is 0 Å². The van der Waals surface area contributed by atoms with Gasteiger partial charge in [-0.05, 0) is 43.7 Å². The van der Waals surface area contributed by atoms with Gasteiger partial charge in [0.15, 0.2) is 0 Å². The molecule has 6 heteroatoms. The molecular formula is C19H22N2O4. The third kappa shape index (κ3) is 4.97. The van der Waals surface area contributed by atoms with Gasteiger partial charge in [-0.15, -0.1) is 0 Å². The van der Waals surface area contributed by atoms with Gasteiger partial charge in [0, 0.05) is 0 Å². The minimum atomic E-state index is -0.504. The number of hydrogen-bond acceptors (Lipinski definition) is 4. The Bertz CT molecular complexity index is 728. The predicted octanol–water partition coefficient (Wildman–Crippen LogP) is 3.75. The standard InChI is InChI=1S/C19H22N2O4/c1-4-25-15-11-9-14(10-12-15)13(2)20-19(23)21-17-8-6-5-7-16(17)18(22)24-3/h5-13H,4H2,1-3H3,(H2,20,21,23)/t13-/m0/s1. The van der Waals surface area contributed by atoms with E-state index in [1.165, 1.54) is 7.11 Å². The molecule has 0 spiro atoms. The number of carbonyl (C=O) groups excluding carboxylic acids is 2. The van der Waals surface area contributed by atoms with Crippen LogP contribution in [0.4, 0.5) is 10.5 Å². The van der Waals surface area contributed by atoms with Gasteiger partial charge in [0.05, 0.1) is 31.0 Å². The van der Waals surface area contributed by atoms with E-state index in [1.54, 1.807) is 24.3 Å². The van der Waals surface area contributed by atoms with Gasteiger partial charge in [0.25, 0.3) is 0 Å². The maximum absolute atomic E-state index is 12.2. The molecule has 0 saturated heterocycles. The third-order valence-electron chi connectivity index (χ3n) is 3.62. The second kappa shape index (κ2) is 8.73. The van der Waals surface area contributed by atoms with E-state index in [0.29, 0.717) is 17.9 Å². The molecule has 2 aromatic carbocycles. The quantitative estimate of drug-likeness (QED) is 0.784. The number of carbonyl (C=O) groups is 2. The van der Waals surface area contributed by atoms with Gasteiger partial charge < -0.3 is 20.1 Å². The summed E-state index contributed by atoms with van der Waals surface area (Å²) in [4.78, 5) is 24.0. The Balaban J connectivity index is 2.01. The van der Waals surface area contributed by atoms with E-state index in [9.17, 15) is 9.59 Å². The van der Waals surface area contributed by atoms with E-state index in [1.807, 2.05) is 38.1 Å². The first-order chi connectivity index (χ1) is 12.0. The number of para-hydroxylation sites is 1. The first kappa shape index (κ1) is 18.3. The zero-order valence-corrected chi connectivity index (χ0v) is 14.5. The van der Waals surface area contributed by atoms with Crippen molar-refractivity contribution >= 4 is 17.7 Å². The Hall–Kier alpha value is -3.02. The molecule has 0 heterocycles. The van der Waals surface area contributed by atoms with Gasteiger partial charge in [0.1, 0.15) is 5.75 Å². The zero-order chi connectivity index (χ0) is 18.2. The topological polar surface area (TPSA) is 76.7 Å². The van der Waals surface area contributed by atoms with Gasteiger partial charge in [0.2, 0.25) is 0 Å². The fraction of sp³-hybridized carbons (Fsp3) is 0.263. The number of nitrogens with one attached hydrogen (secondary N) is 2. The van der Waals surface area contributed by atoms with E-state index < -0.39 is 12.0 Å². The summed E-state index contributed by atoms with van der Waals surface area (Å²) < 4.78 is 10.1. The normalized spacial score (nSPS) is 11.3. The number of rotatable bonds is 6. The fourth-order valence-corrected chi connectivity index (χ4v) is 2.34. The SMILES string of the molecule is CCOc1ccc([C@H](C)NC(=O)Nc2ccccc2C(=O)OC)cc1. The lowest BCUT2D eigenvalue weighted by molar-refractivity contribution is 0.0602. The Labute approximate surface area is 147 Å². The molecular weight excluding hydrogens is 320 g/mol. The van der Waals surface area contributed by atoms with Crippen LogP contribution in [-0.2, 0) is 4.74 Å². The summed E-state index contributed by atoms with van der Waals surface area (Å²) in [5.74, 6) is 0.283. The highest BCUT2D eigenvalue weighted by atomic mass is 16.5. The molecule has 2 rings (SSSR count). The summed E-state index contributed by atoms with van der Waals surface area (Å²) in [6.45, 7) is 4.41. The molecule has 2 aromatic rings. The van der Waals surface area contributed by atoms with E-state index in [-0.39, 0.29) is 6.04 Å². The van der Waals surface area contributed by atoms with E-state index in [0.717, 1.165) is 11.3 Å². The molecule has 0 aromatic heterocycles. The van der Waals surface area contributed by atoms with Crippen molar-refractivity contribution in [3.05, 3.63) is 59.7 Å². The second-order valence-corrected chi connectivity index (χ2v) is 5.36. The number of urea groups is 1. The van der Waals surface area contributed by atoms with Gasteiger partial charge in [-0.1, -0.05) is 24.3 Å². The first-order valence-electron chi connectivity index (χ1n) is 8.02. The van der Waals surface area contributed by atoms with Gasteiger partial charge in [-0.3, -0.25) is 0 Å². The highest BCUT2D eigenvalue weighted by Crippen LogP contribution is 2.19. The first-order valence-corrected chi connectivity index (χ1v) is 8.02. The lowest BCUT2D eigenvalue weighted by Crippen LogP contribution is -2.31. The van der Waals surface area contributed by atoms with Gasteiger partial charge in [-0.2, -0.15) is 0 Å². The summed E-state index contributed by atoms with van der Waals surface area (Å²) >= 11 is 0. The number of methoxy groups -OCH3 is 1. The van der Waals surface area contributed by atoms with Crippen molar-refractivity contribution in [2.75, 3.05) is 19.0 Å². The molecule has 0 aliphatic heterocycles. The highest BCUT2D eigenvalue weighted by molar-refractivity contribution is 6.00. The van der Waals surface area contributed by atoms with Crippen molar-refractivity contribution in [2.24, 2.45) is 0 Å². The van der Waals surface area contributed by atoms with Crippen LogP contribution in [0, 0.1) is 0 Å². The molecule has 6 nitrogen and oxygen atoms in total. The Morgan fingerprint density at radius 1 is 1.08 bits per heavy atom. The average Bonchev–Trinajstić information content (AvgIpc) is 2.62. The van der Waals surface area contributed by atoms with Crippen LogP contribution in [0.2, 0.25) is 0 Å². The van der Waals surface area contributed by atoms with E-state index in [4.69, 9.17) is 9.47 Å². The molecule has 25 heavy (non-hydrogen) atoms. The molecule has 0 unspecified atom stereocenters. The molecule has 0 aliphatic carbocycles. The number of ether oxygens (including phenoxy) is 2.